The maximum absolute atomic E-state index is 11.9. The Morgan fingerprint density at radius 2 is 1.61 bits per heavy atom. The summed E-state index contributed by atoms with van der Waals surface area (Å²) < 4.78 is 4.54. The number of carbonyl (C=O) groups excluding carboxylic acids is 2. The van der Waals surface area contributed by atoms with Crippen molar-refractivity contribution in [2.45, 2.75) is 0 Å². The molecule has 1 N–H and O–H groups in total. The number of methoxy groups -OCH3 is 1. The van der Waals surface area contributed by atoms with E-state index in [4.69, 9.17) is 0 Å². The van der Waals surface area contributed by atoms with E-state index in [-0.39, 0.29) is 5.91 Å². The largest absolute Gasteiger partial charge is 0.466 e. The number of esters is 1. The third-order valence-electron chi connectivity index (χ3n) is 2.99. The molecule has 0 aliphatic rings. The van der Waals surface area contributed by atoms with Crippen molar-refractivity contribution in [2.24, 2.45) is 0 Å². The van der Waals surface area contributed by atoms with Crippen LogP contribution in [0.25, 0.3) is 12.2 Å². The molecule has 0 radical (unpaired) electrons. The Labute approximate surface area is 135 Å². The van der Waals surface area contributed by atoms with Crippen LogP contribution >= 0.6 is 0 Å². The Morgan fingerprint density at radius 1 is 0.913 bits per heavy atom. The topological polar surface area (TPSA) is 55.4 Å². The number of benzene rings is 2. The van der Waals surface area contributed by atoms with Crippen LogP contribution in [0, 0.1) is 0 Å². The van der Waals surface area contributed by atoms with Gasteiger partial charge in [-0.2, -0.15) is 0 Å². The van der Waals surface area contributed by atoms with Crippen LogP contribution in [0.2, 0.25) is 0 Å². The van der Waals surface area contributed by atoms with Crippen LogP contribution in [0.15, 0.2) is 66.7 Å². The molecule has 2 aromatic carbocycles. The molecule has 116 valence electrons. The molecule has 2 rings (SSSR count). The molecule has 1 amide bonds. The smallest absolute Gasteiger partial charge is 0.330 e. The summed E-state index contributed by atoms with van der Waals surface area (Å²) in [6.07, 6.45) is 6.18. The lowest BCUT2D eigenvalue weighted by molar-refractivity contribution is -0.134. The quantitative estimate of drug-likeness (QED) is 0.679. The fraction of sp³-hybridized carbons (Fsp3) is 0.0526. The van der Waals surface area contributed by atoms with E-state index in [0.29, 0.717) is 5.69 Å². The monoisotopic (exact) mass is 307 g/mol. The molecule has 2 aromatic rings. The van der Waals surface area contributed by atoms with Crippen LogP contribution in [0.4, 0.5) is 5.69 Å². The minimum atomic E-state index is -0.426. The van der Waals surface area contributed by atoms with Gasteiger partial charge in [-0.1, -0.05) is 42.5 Å². The van der Waals surface area contributed by atoms with Crippen LogP contribution in [-0.2, 0) is 14.3 Å². The van der Waals surface area contributed by atoms with E-state index in [1.165, 1.54) is 19.3 Å². The maximum atomic E-state index is 11.9. The van der Waals surface area contributed by atoms with Gasteiger partial charge in [0, 0.05) is 17.8 Å². The lowest BCUT2D eigenvalue weighted by Gasteiger charge is -2.03. The molecule has 0 unspecified atom stereocenters. The normalized spacial score (nSPS) is 10.8. The van der Waals surface area contributed by atoms with Gasteiger partial charge in [0.15, 0.2) is 0 Å². The van der Waals surface area contributed by atoms with Crippen LogP contribution < -0.4 is 5.32 Å². The van der Waals surface area contributed by atoms with Gasteiger partial charge in [0.25, 0.3) is 0 Å². The molecule has 0 aromatic heterocycles. The first kappa shape index (κ1) is 16.2. The molecule has 0 aliphatic heterocycles. The first-order valence-corrected chi connectivity index (χ1v) is 7.07. The van der Waals surface area contributed by atoms with Crippen LogP contribution in [0.1, 0.15) is 11.1 Å². The summed E-state index contributed by atoms with van der Waals surface area (Å²) >= 11 is 0. The van der Waals surface area contributed by atoms with Gasteiger partial charge < -0.3 is 10.1 Å². The first-order valence-electron chi connectivity index (χ1n) is 7.07. The van der Waals surface area contributed by atoms with Crippen molar-refractivity contribution < 1.29 is 14.3 Å². The summed E-state index contributed by atoms with van der Waals surface area (Å²) in [4.78, 5) is 23.0. The summed E-state index contributed by atoms with van der Waals surface area (Å²) in [6.45, 7) is 0. The summed E-state index contributed by atoms with van der Waals surface area (Å²) in [5, 5.41) is 2.78. The van der Waals surface area contributed by atoms with Gasteiger partial charge in [-0.05, 0) is 35.4 Å². The lowest BCUT2D eigenvalue weighted by atomic mass is 10.2. The Balaban J connectivity index is 2.00. The minimum absolute atomic E-state index is 0.219. The van der Waals surface area contributed by atoms with Crippen molar-refractivity contribution in [3.05, 3.63) is 77.9 Å². The number of anilines is 1. The van der Waals surface area contributed by atoms with E-state index in [0.717, 1.165) is 11.1 Å². The SMILES string of the molecule is COC(=O)C=Cc1cccc(NC(=O)C=Cc2ccccc2)c1. The zero-order valence-electron chi connectivity index (χ0n) is 12.7. The van der Waals surface area contributed by atoms with E-state index in [1.807, 2.05) is 36.4 Å². The van der Waals surface area contributed by atoms with Crippen molar-refractivity contribution in [3.63, 3.8) is 0 Å². The molecule has 0 bridgehead atoms. The summed E-state index contributed by atoms with van der Waals surface area (Å²) in [7, 11) is 1.32. The summed E-state index contributed by atoms with van der Waals surface area (Å²) in [5.41, 5.74) is 2.40. The highest BCUT2D eigenvalue weighted by atomic mass is 16.5. The van der Waals surface area contributed by atoms with Crippen molar-refractivity contribution in [1.29, 1.82) is 0 Å². The van der Waals surface area contributed by atoms with Crippen LogP contribution in [-0.4, -0.2) is 19.0 Å². The number of hydrogen-bond donors (Lipinski definition) is 1. The Kier molecular flexibility index (Phi) is 5.89. The van der Waals surface area contributed by atoms with Crippen LogP contribution in [0.5, 0.6) is 0 Å². The fourth-order valence-corrected chi connectivity index (χ4v) is 1.87. The third kappa shape index (κ3) is 5.63. The van der Waals surface area contributed by atoms with Gasteiger partial charge in [0.2, 0.25) is 5.91 Å². The first-order chi connectivity index (χ1) is 11.2. The standard InChI is InChI=1S/C19H17NO3/c1-23-19(22)13-11-16-8-5-9-17(14-16)20-18(21)12-10-15-6-3-2-4-7-15/h2-14H,1H3,(H,20,21). The number of amides is 1. The second-order valence-corrected chi connectivity index (χ2v) is 4.72. The number of rotatable bonds is 5. The number of hydrogen-bond acceptors (Lipinski definition) is 3. The third-order valence-corrected chi connectivity index (χ3v) is 2.99. The van der Waals surface area contributed by atoms with E-state index < -0.39 is 5.97 Å². The average molecular weight is 307 g/mol. The lowest BCUT2D eigenvalue weighted by Crippen LogP contribution is -2.07. The molecule has 0 atom stereocenters. The average Bonchev–Trinajstić information content (AvgIpc) is 2.59. The van der Waals surface area contributed by atoms with Gasteiger partial charge in [-0.25, -0.2) is 4.79 Å². The molecule has 0 aliphatic carbocycles. The second-order valence-electron chi connectivity index (χ2n) is 4.72. The predicted molar refractivity (Wildman–Crippen MR) is 91.6 cm³/mol. The van der Waals surface area contributed by atoms with Crippen molar-refractivity contribution >= 4 is 29.7 Å². The Hall–Kier alpha value is -3.14. The number of carbonyl (C=O) groups is 2. The highest BCUT2D eigenvalue weighted by Gasteiger charge is 1.99. The molecule has 0 spiro atoms. The highest BCUT2D eigenvalue weighted by molar-refractivity contribution is 6.02. The van der Waals surface area contributed by atoms with Crippen molar-refractivity contribution in [3.8, 4) is 0 Å². The zero-order valence-corrected chi connectivity index (χ0v) is 12.7. The van der Waals surface area contributed by atoms with Gasteiger partial charge in [0.1, 0.15) is 0 Å². The fourth-order valence-electron chi connectivity index (χ4n) is 1.87. The van der Waals surface area contributed by atoms with Gasteiger partial charge >= 0.3 is 5.97 Å². The van der Waals surface area contributed by atoms with Crippen molar-refractivity contribution in [1.82, 2.24) is 0 Å². The van der Waals surface area contributed by atoms with Crippen molar-refractivity contribution in [2.75, 3.05) is 12.4 Å². The Bertz CT molecular complexity index is 733. The molecular weight excluding hydrogens is 290 g/mol. The second kappa shape index (κ2) is 8.34. The predicted octanol–water partition coefficient (Wildman–Crippen LogP) is 3.52. The molecule has 0 saturated carbocycles. The molecule has 0 heterocycles. The van der Waals surface area contributed by atoms with E-state index in [2.05, 4.69) is 10.1 Å². The zero-order chi connectivity index (χ0) is 16.5. The highest BCUT2D eigenvalue weighted by Crippen LogP contribution is 2.12. The summed E-state index contributed by atoms with van der Waals surface area (Å²) in [6, 6.07) is 16.8. The maximum Gasteiger partial charge on any atom is 0.330 e. The molecular formula is C19H17NO3. The number of nitrogens with one attached hydrogen (secondary N) is 1. The van der Waals surface area contributed by atoms with E-state index in [9.17, 15) is 9.59 Å². The van der Waals surface area contributed by atoms with E-state index in [1.54, 1.807) is 30.4 Å². The minimum Gasteiger partial charge on any atom is -0.466 e. The molecule has 4 heteroatoms. The Morgan fingerprint density at radius 3 is 2.35 bits per heavy atom. The molecule has 0 saturated heterocycles. The van der Waals surface area contributed by atoms with Gasteiger partial charge in [-0.15, -0.1) is 0 Å². The molecule has 4 nitrogen and oxygen atoms in total. The van der Waals surface area contributed by atoms with Gasteiger partial charge in [0.05, 0.1) is 7.11 Å². The molecule has 23 heavy (non-hydrogen) atoms. The number of ether oxygens (including phenoxy) is 1. The van der Waals surface area contributed by atoms with Crippen LogP contribution in [0.3, 0.4) is 0 Å². The van der Waals surface area contributed by atoms with E-state index >= 15 is 0 Å². The summed E-state index contributed by atoms with van der Waals surface area (Å²) in [5.74, 6) is -0.645. The van der Waals surface area contributed by atoms with Gasteiger partial charge in [-0.3, -0.25) is 4.79 Å². The molecule has 0 fully saturated rings.